The van der Waals surface area contributed by atoms with E-state index in [1.165, 1.54) is 24.3 Å². The quantitative estimate of drug-likeness (QED) is 0.155. The van der Waals surface area contributed by atoms with Gasteiger partial charge in [0, 0.05) is 66.9 Å². The highest BCUT2D eigenvalue weighted by molar-refractivity contribution is 6.60. The molecule has 2 rings (SSSR count). The zero-order valence-electron chi connectivity index (χ0n) is 22.8. The lowest BCUT2D eigenvalue weighted by atomic mass is 10.0. The van der Waals surface area contributed by atoms with E-state index in [4.69, 9.17) is 36.0 Å². The molecular formula is C25H38O11Si2. The van der Waals surface area contributed by atoms with Gasteiger partial charge >= 0.3 is 17.6 Å². The molecule has 2 N–H and O–H groups in total. The molecule has 0 heterocycles. The number of carbonyl (C=O) groups is 1. The van der Waals surface area contributed by atoms with Gasteiger partial charge in [-0.3, -0.25) is 4.79 Å². The second-order valence-electron chi connectivity index (χ2n) is 8.18. The van der Waals surface area contributed by atoms with Crippen molar-refractivity contribution in [3.05, 3.63) is 47.5 Å². The first-order valence-corrected chi connectivity index (χ1v) is 15.9. The van der Waals surface area contributed by atoms with E-state index in [-0.39, 0.29) is 22.6 Å². The number of ketones is 1. The SMILES string of the molecule is CO[Si](CCCOc1ccc(C(=O)c2ccc(OCCC[Si](OC)(OC)OC)cc2O)c(O)c1)(OC)OC. The summed E-state index contributed by atoms with van der Waals surface area (Å²) < 4.78 is 43.6. The lowest BCUT2D eigenvalue weighted by molar-refractivity contribution is 0.103. The normalized spacial score (nSPS) is 11.9. The molecule has 0 aliphatic heterocycles. The summed E-state index contributed by atoms with van der Waals surface area (Å²) >= 11 is 0. The van der Waals surface area contributed by atoms with E-state index in [1.807, 2.05) is 0 Å². The summed E-state index contributed by atoms with van der Waals surface area (Å²) in [7, 11) is 3.93. The molecule has 0 bridgehead atoms. The molecule has 0 unspecified atom stereocenters. The van der Waals surface area contributed by atoms with Crippen LogP contribution in [0.25, 0.3) is 0 Å². The molecule has 0 amide bonds. The largest absolute Gasteiger partial charge is 0.507 e. The lowest BCUT2D eigenvalue weighted by Gasteiger charge is -2.24. The molecule has 2 aromatic carbocycles. The van der Waals surface area contributed by atoms with E-state index in [9.17, 15) is 15.0 Å². The summed E-state index contributed by atoms with van der Waals surface area (Å²) in [6.45, 7) is 0.677. The minimum atomic E-state index is -2.68. The number of rotatable bonds is 18. The van der Waals surface area contributed by atoms with Crippen LogP contribution >= 0.6 is 0 Å². The second kappa shape index (κ2) is 15.2. The van der Waals surface area contributed by atoms with Gasteiger partial charge in [-0.05, 0) is 37.1 Å². The predicted molar refractivity (Wildman–Crippen MR) is 143 cm³/mol. The van der Waals surface area contributed by atoms with Crippen molar-refractivity contribution in [2.75, 3.05) is 55.9 Å². The monoisotopic (exact) mass is 570 g/mol. The third-order valence-corrected chi connectivity index (χ3v) is 11.7. The number of ether oxygens (including phenoxy) is 2. The first kappa shape index (κ1) is 31.7. The Labute approximate surface area is 225 Å². The van der Waals surface area contributed by atoms with Crippen LogP contribution in [0.3, 0.4) is 0 Å². The smallest absolute Gasteiger partial charge is 0.500 e. The van der Waals surface area contributed by atoms with E-state index in [0.29, 0.717) is 49.6 Å². The third-order valence-electron chi connectivity index (χ3n) is 6.09. The van der Waals surface area contributed by atoms with Crippen LogP contribution in [0.1, 0.15) is 28.8 Å². The summed E-state index contributed by atoms with van der Waals surface area (Å²) in [5.74, 6) is -0.263. The summed E-state index contributed by atoms with van der Waals surface area (Å²) in [5, 5.41) is 20.9. The number of aromatic hydroxyl groups is 2. The number of benzene rings is 2. The van der Waals surface area contributed by atoms with Gasteiger partial charge in [0.05, 0.1) is 24.3 Å². The van der Waals surface area contributed by atoms with Crippen LogP contribution in [0, 0.1) is 0 Å². The fourth-order valence-corrected chi connectivity index (χ4v) is 7.18. The summed E-state index contributed by atoms with van der Waals surface area (Å²) in [5.41, 5.74) is 0.0665. The number of phenols is 2. The summed E-state index contributed by atoms with van der Waals surface area (Å²) in [6.07, 6.45) is 1.22. The second-order valence-corrected chi connectivity index (χ2v) is 14.4. The molecule has 38 heavy (non-hydrogen) atoms. The third kappa shape index (κ3) is 8.25. The van der Waals surface area contributed by atoms with Crippen LogP contribution in [0.5, 0.6) is 23.0 Å². The van der Waals surface area contributed by atoms with Crippen LogP contribution in [0.4, 0.5) is 0 Å². The molecule has 0 radical (unpaired) electrons. The van der Waals surface area contributed by atoms with E-state index < -0.39 is 23.4 Å². The van der Waals surface area contributed by atoms with Gasteiger partial charge in [0.25, 0.3) is 0 Å². The van der Waals surface area contributed by atoms with Crippen molar-refractivity contribution >= 4 is 23.4 Å². The molecule has 0 fully saturated rings. The molecule has 2 aromatic rings. The zero-order valence-corrected chi connectivity index (χ0v) is 24.8. The highest BCUT2D eigenvalue weighted by Crippen LogP contribution is 2.31. The Kier molecular flexibility index (Phi) is 12.7. The van der Waals surface area contributed by atoms with Gasteiger partial charge in [-0.1, -0.05) is 0 Å². The van der Waals surface area contributed by atoms with Gasteiger partial charge in [0.15, 0.2) is 5.78 Å². The molecule has 0 atom stereocenters. The Hall–Kier alpha value is -2.50. The molecular weight excluding hydrogens is 532 g/mol. The van der Waals surface area contributed by atoms with Gasteiger partial charge in [0.2, 0.25) is 0 Å². The zero-order chi connectivity index (χ0) is 28.2. The number of hydrogen-bond acceptors (Lipinski definition) is 11. The first-order valence-electron chi connectivity index (χ1n) is 12.0. The number of carbonyl (C=O) groups excluding carboxylic acids is 1. The molecule has 0 aliphatic carbocycles. The van der Waals surface area contributed by atoms with Gasteiger partial charge < -0.3 is 46.2 Å². The Morgan fingerprint density at radius 1 is 0.632 bits per heavy atom. The van der Waals surface area contributed by atoms with E-state index in [0.717, 1.165) is 0 Å². The summed E-state index contributed by atoms with van der Waals surface area (Å²) in [6, 6.07) is 9.91. The van der Waals surface area contributed by atoms with Crippen molar-refractivity contribution in [2.24, 2.45) is 0 Å². The average Bonchev–Trinajstić information content (AvgIpc) is 2.94. The van der Waals surface area contributed by atoms with Crippen LogP contribution in [0.15, 0.2) is 36.4 Å². The van der Waals surface area contributed by atoms with Gasteiger partial charge in [-0.25, -0.2) is 0 Å². The molecule has 13 heteroatoms. The Balaban J connectivity index is 1.95. The maximum Gasteiger partial charge on any atom is 0.500 e. The van der Waals surface area contributed by atoms with Crippen LogP contribution < -0.4 is 9.47 Å². The highest BCUT2D eigenvalue weighted by Gasteiger charge is 2.37. The van der Waals surface area contributed by atoms with Crippen molar-refractivity contribution in [3.63, 3.8) is 0 Å². The number of hydrogen-bond donors (Lipinski definition) is 2. The maximum atomic E-state index is 13.0. The van der Waals surface area contributed by atoms with Gasteiger partial charge in [0.1, 0.15) is 23.0 Å². The fraction of sp³-hybridized carbons (Fsp3) is 0.480. The first-order chi connectivity index (χ1) is 18.2. The van der Waals surface area contributed by atoms with Crippen molar-refractivity contribution in [2.45, 2.75) is 24.9 Å². The topological polar surface area (TPSA) is 131 Å². The van der Waals surface area contributed by atoms with Crippen LogP contribution in [-0.4, -0.2) is 89.5 Å². The minimum absolute atomic E-state index is 0.0332. The standard InChI is InChI=1S/C25H38O11Si2/c1-29-37(30-2,31-3)15-7-13-35-19-9-11-21(23(26)17-19)25(28)22-12-10-20(18-24(22)27)36-14-8-16-38(32-4,33-5)34-6/h9-12,17-18,26-27H,7-8,13-16H2,1-6H3. The maximum absolute atomic E-state index is 13.0. The van der Waals surface area contributed by atoms with E-state index in [1.54, 1.807) is 54.8 Å². The average molecular weight is 571 g/mol. The molecule has 0 aliphatic rings. The minimum Gasteiger partial charge on any atom is -0.507 e. The molecule has 11 nitrogen and oxygen atoms in total. The van der Waals surface area contributed by atoms with E-state index in [2.05, 4.69) is 0 Å². The van der Waals surface area contributed by atoms with Crippen molar-refractivity contribution in [1.29, 1.82) is 0 Å². The Morgan fingerprint density at radius 2 is 0.974 bits per heavy atom. The van der Waals surface area contributed by atoms with Crippen molar-refractivity contribution in [3.8, 4) is 23.0 Å². The van der Waals surface area contributed by atoms with Gasteiger partial charge in [-0.15, -0.1) is 0 Å². The van der Waals surface area contributed by atoms with Crippen LogP contribution in [-0.2, 0) is 26.6 Å². The molecule has 0 aromatic heterocycles. The Bertz CT molecular complexity index is 930. The number of phenolic OH excluding ortho intramolecular Hbond substituents is 2. The highest BCUT2D eigenvalue weighted by atomic mass is 28.4. The molecule has 0 saturated carbocycles. The van der Waals surface area contributed by atoms with Crippen molar-refractivity contribution < 1.29 is 51.0 Å². The summed E-state index contributed by atoms with van der Waals surface area (Å²) in [4.78, 5) is 13.0. The Morgan fingerprint density at radius 3 is 1.26 bits per heavy atom. The molecule has 0 saturated heterocycles. The fourth-order valence-electron chi connectivity index (χ4n) is 3.80. The molecule has 0 spiro atoms. The van der Waals surface area contributed by atoms with Crippen LogP contribution in [0.2, 0.25) is 12.1 Å². The lowest BCUT2D eigenvalue weighted by Crippen LogP contribution is -2.42. The molecule has 212 valence electrons. The predicted octanol–water partition coefficient (Wildman–Crippen LogP) is 3.62. The van der Waals surface area contributed by atoms with Gasteiger partial charge in [-0.2, -0.15) is 0 Å². The van der Waals surface area contributed by atoms with Crippen molar-refractivity contribution in [1.82, 2.24) is 0 Å². The van der Waals surface area contributed by atoms with E-state index >= 15 is 0 Å².